The molecule has 3 heterocycles. The number of aromatic nitrogens is 1. The predicted molar refractivity (Wildman–Crippen MR) is 80.0 cm³/mol. The maximum absolute atomic E-state index is 13.2. The standard InChI is InChI=1S/C16H15FN2O2S/c17-10-5-12(8-19-7-10)22(20)11-1-2-13-14-3-4-18-9-16(14)21-15(13)6-11/h1-2,5-8,14,16,18H,3-4,9H2. The Hall–Kier alpha value is -1.79. The number of hydrogen-bond acceptors (Lipinski definition) is 4. The Kier molecular flexibility index (Phi) is 3.43. The lowest BCUT2D eigenvalue weighted by atomic mass is 9.90. The molecule has 0 radical (unpaired) electrons. The van der Waals surface area contributed by atoms with E-state index in [1.807, 2.05) is 18.2 Å². The number of ether oxygens (including phenoxy) is 1. The zero-order chi connectivity index (χ0) is 15.1. The molecule has 0 saturated carbocycles. The van der Waals surface area contributed by atoms with Gasteiger partial charge in [-0.15, -0.1) is 0 Å². The van der Waals surface area contributed by atoms with Crippen molar-refractivity contribution < 1.29 is 13.3 Å². The Morgan fingerprint density at radius 1 is 1.27 bits per heavy atom. The number of nitrogens with zero attached hydrogens (tertiary/aromatic N) is 1. The molecule has 114 valence electrons. The van der Waals surface area contributed by atoms with Gasteiger partial charge in [0.15, 0.2) is 0 Å². The first-order chi connectivity index (χ1) is 10.7. The molecular weight excluding hydrogens is 303 g/mol. The van der Waals surface area contributed by atoms with Gasteiger partial charge in [0, 0.05) is 29.1 Å². The quantitative estimate of drug-likeness (QED) is 0.922. The smallest absolute Gasteiger partial charge is 0.142 e. The molecule has 1 fully saturated rings. The normalized spacial score (nSPS) is 24.2. The van der Waals surface area contributed by atoms with Crippen molar-refractivity contribution in [2.24, 2.45) is 0 Å². The monoisotopic (exact) mass is 318 g/mol. The lowest BCUT2D eigenvalue weighted by molar-refractivity contribution is 0.176. The first kappa shape index (κ1) is 13.8. The molecule has 1 aromatic carbocycles. The van der Waals surface area contributed by atoms with Crippen molar-refractivity contribution in [1.29, 1.82) is 0 Å². The van der Waals surface area contributed by atoms with Crippen LogP contribution in [0.3, 0.4) is 0 Å². The Bertz CT molecular complexity index is 753. The van der Waals surface area contributed by atoms with Crippen LogP contribution in [-0.4, -0.2) is 28.4 Å². The number of pyridine rings is 1. The molecular formula is C16H15FN2O2S. The van der Waals surface area contributed by atoms with Crippen LogP contribution in [0.5, 0.6) is 5.75 Å². The third kappa shape index (κ3) is 2.32. The van der Waals surface area contributed by atoms with Gasteiger partial charge in [0.25, 0.3) is 0 Å². The molecule has 0 bridgehead atoms. The van der Waals surface area contributed by atoms with Gasteiger partial charge in [-0.2, -0.15) is 0 Å². The minimum absolute atomic E-state index is 0.156. The minimum Gasteiger partial charge on any atom is -0.488 e. The molecule has 2 aliphatic rings. The summed E-state index contributed by atoms with van der Waals surface area (Å²) in [4.78, 5) is 4.72. The molecule has 3 atom stereocenters. The average Bonchev–Trinajstić information content (AvgIpc) is 2.91. The number of rotatable bonds is 2. The van der Waals surface area contributed by atoms with E-state index in [9.17, 15) is 8.60 Å². The fourth-order valence-electron chi connectivity index (χ4n) is 3.14. The third-order valence-electron chi connectivity index (χ3n) is 4.20. The second-order valence-electron chi connectivity index (χ2n) is 5.56. The van der Waals surface area contributed by atoms with Crippen LogP contribution in [0.4, 0.5) is 4.39 Å². The van der Waals surface area contributed by atoms with E-state index in [1.54, 1.807) is 0 Å². The van der Waals surface area contributed by atoms with E-state index in [-0.39, 0.29) is 6.10 Å². The molecule has 4 rings (SSSR count). The summed E-state index contributed by atoms with van der Waals surface area (Å²) in [5.74, 6) is 0.726. The van der Waals surface area contributed by atoms with Gasteiger partial charge in [-0.3, -0.25) is 4.98 Å². The first-order valence-corrected chi connectivity index (χ1v) is 8.41. The summed E-state index contributed by atoms with van der Waals surface area (Å²) >= 11 is 0. The van der Waals surface area contributed by atoms with Crippen LogP contribution in [-0.2, 0) is 10.8 Å². The van der Waals surface area contributed by atoms with E-state index in [2.05, 4.69) is 10.3 Å². The SMILES string of the molecule is O=S(c1cncc(F)c1)c1ccc2c(c1)OC1CNCCC21. The molecule has 4 nitrogen and oxygen atoms in total. The van der Waals surface area contributed by atoms with Crippen molar-refractivity contribution >= 4 is 10.8 Å². The Labute approximate surface area is 130 Å². The number of piperidine rings is 1. The largest absolute Gasteiger partial charge is 0.488 e. The van der Waals surface area contributed by atoms with Crippen molar-refractivity contribution in [2.45, 2.75) is 28.2 Å². The van der Waals surface area contributed by atoms with E-state index in [0.29, 0.717) is 15.7 Å². The van der Waals surface area contributed by atoms with Gasteiger partial charge in [0.05, 0.1) is 21.9 Å². The molecule has 6 heteroatoms. The second-order valence-corrected chi connectivity index (χ2v) is 7.04. The van der Waals surface area contributed by atoms with E-state index in [4.69, 9.17) is 4.74 Å². The molecule has 22 heavy (non-hydrogen) atoms. The van der Waals surface area contributed by atoms with E-state index in [1.165, 1.54) is 17.8 Å². The van der Waals surface area contributed by atoms with Gasteiger partial charge in [0.1, 0.15) is 17.7 Å². The number of fused-ring (bicyclic) bond motifs is 3. The fraction of sp³-hybridized carbons (Fsp3) is 0.312. The van der Waals surface area contributed by atoms with Crippen molar-refractivity contribution in [3.63, 3.8) is 0 Å². The molecule has 3 unspecified atom stereocenters. The molecule has 1 aromatic heterocycles. The lowest BCUT2D eigenvalue weighted by Gasteiger charge is -2.24. The van der Waals surface area contributed by atoms with Gasteiger partial charge in [-0.05, 0) is 31.2 Å². The fourth-order valence-corrected chi connectivity index (χ4v) is 4.20. The molecule has 1 N–H and O–H groups in total. The van der Waals surface area contributed by atoms with Crippen LogP contribution in [0, 0.1) is 5.82 Å². The van der Waals surface area contributed by atoms with E-state index >= 15 is 0 Å². The lowest BCUT2D eigenvalue weighted by Crippen LogP contribution is -2.39. The van der Waals surface area contributed by atoms with Crippen LogP contribution < -0.4 is 10.1 Å². The second kappa shape index (κ2) is 5.44. The van der Waals surface area contributed by atoms with Gasteiger partial charge in [-0.1, -0.05) is 6.07 Å². The number of nitrogens with one attached hydrogen (secondary N) is 1. The summed E-state index contributed by atoms with van der Waals surface area (Å²) < 4.78 is 31.8. The number of halogens is 1. The highest BCUT2D eigenvalue weighted by atomic mass is 32.2. The summed E-state index contributed by atoms with van der Waals surface area (Å²) in [7, 11) is -1.46. The van der Waals surface area contributed by atoms with Crippen molar-refractivity contribution in [3.8, 4) is 5.75 Å². The predicted octanol–water partition coefficient (Wildman–Crippen LogP) is 2.23. The summed E-state index contributed by atoms with van der Waals surface area (Å²) in [6.45, 7) is 1.83. The van der Waals surface area contributed by atoms with Crippen molar-refractivity contribution in [2.75, 3.05) is 13.1 Å². The highest BCUT2D eigenvalue weighted by Crippen LogP contribution is 2.42. The molecule has 0 aliphatic carbocycles. The Morgan fingerprint density at radius 2 is 2.18 bits per heavy atom. The van der Waals surface area contributed by atoms with Crippen LogP contribution in [0.15, 0.2) is 46.5 Å². The summed E-state index contributed by atoms with van der Waals surface area (Å²) in [6.07, 6.45) is 3.73. The van der Waals surface area contributed by atoms with Crippen molar-refractivity contribution in [3.05, 3.63) is 48.0 Å². The van der Waals surface area contributed by atoms with Crippen LogP contribution in [0.2, 0.25) is 0 Å². The Balaban J connectivity index is 1.66. The summed E-state index contributed by atoms with van der Waals surface area (Å²) in [5.41, 5.74) is 1.18. The van der Waals surface area contributed by atoms with Gasteiger partial charge in [0.2, 0.25) is 0 Å². The number of benzene rings is 1. The molecule has 0 amide bonds. The summed E-state index contributed by atoms with van der Waals surface area (Å²) in [6, 6.07) is 6.90. The Morgan fingerprint density at radius 3 is 3.05 bits per heavy atom. The summed E-state index contributed by atoms with van der Waals surface area (Å²) in [5, 5.41) is 3.33. The highest BCUT2D eigenvalue weighted by molar-refractivity contribution is 7.85. The van der Waals surface area contributed by atoms with Crippen LogP contribution >= 0.6 is 0 Å². The van der Waals surface area contributed by atoms with Crippen LogP contribution in [0.1, 0.15) is 17.9 Å². The van der Waals surface area contributed by atoms with Gasteiger partial charge in [-0.25, -0.2) is 8.60 Å². The average molecular weight is 318 g/mol. The van der Waals surface area contributed by atoms with Gasteiger partial charge < -0.3 is 10.1 Å². The maximum atomic E-state index is 13.2. The molecule has 1 saturated heterocycles. The van der Waals surface area contributed by atoms with Crippen molar-refractivity contribution in [1.82, 2.24) is 10.3 Å². The van der Waals surface area contributed by atoms with Gasteiger partial charge >= 0.3 is 0 Å². The topological polar surface area (TPSA) is 51.2 Å². The number of hydrogen-bond donors (Lipinski definition) is 1. The minimum atomic E-state index is -1.46. The third-order valence-corrected chi connectivity index (χ3v) is 5.53. The zero-order valence-corrected chi connectivity index (χ0v) is 12.6. The molecule has 0 spiro atoms. The first-order valence-electron chi connectivity index (χ1n) is 7.26. The van der Waals surface area contributed by atoms with Crippen LogP contribution in [0.25, 0.3) is 0 Å². The highest BCUT2D eigenvalue weighted by Gasteiger charge is 2.36. The molecule has 2 aromatic rings. The maximum Gasteiger partial charge on any atom is 0.142 e. The van der Waals surface area contributed by atoms with E-state index in [0.717, 1.165) is 31.5 Å². The zero-order valence-electron chi connectivity index (χ0n) is 11.8. The van der Waals surface area contributed by atoms with E-state index < -0.39 is 16.6 Å². The molecule has 2 aliphatic heterocycles.